The van der Waals surface area contributed by atoms with Gasteiger partial charge in [-0.25, -0.2) is 0 Å². The molecule has 0 spiro atoms. The first-order chi connectivity index (χ1) is 8.97. The lowest BCUT2D eigenvalue weighted by atomic mass is 10.1. The number of anilines is 1. The molecule has 1 saturated heterocycles. The highest BCUT2D eigenvalue weighted by molar-refractivity contribution is 9.10. The maximum Gasteiger partial charge on any atom is 0.217 e. The number of hydrogen-bond donors (Lipinski definition) is 2. The molecule has 1 heterocycles. The van der Waals surface area contributed by atoms with Crippen molar-refractivity contribution in [2.45, 2.75) is 32.4 Å². The first kappa shape index (κ1) is 14.3. The van der Waals surface area contributed by atoms with Crippen LogP contribution < -0.4 is 16.0 Å². The molecular formula is C14H20BrN3O. The number of rotatable bonds is 3. The Morgan fingerprint density at radius 1 is 1.58 bits per heavy atom. The third kappa shape index (κ3) is 3.48. The summed E-state index contributed by atoms with van der Waals surface area (Å²) in [5.74, 6) is 0.0371. The van der Waals surface area contributed by atoms with Gasteiger partial charge in [-0.05, 0) is 37.1 Å². The van der Waals surface area contributed by atoms with Crippen LogP contribution in [0, 0.1) is 0 Å². The molecular weight excluding hydrogens is 306 g/mol. The van der Waals surface area contributed by atoms with Crippen molar-refractivity contribution in [3.05, 3.63) is 28.2 Å². The van der Waals surface area contributed by atoms with E-state index in [2.05, 4.69) is 38.3 Å². The predicted octanol–water partition coefficient (Wildman–Crippen LogP) is 2.18. The van der Waals surface area contributed by atoms with Crippen LogP contribution in [0.3, 0.4) is 0 Å². The summed E-state index contributed by atoms with van der Waals surface area (Å²) in [6.45, 7) is 5.36. The second-order valence-electron chi connectivity index (χ2n) is 5.12. The summed E-state index contributed by atoms with van der Waals surface area (Å²) < 4.78 is 1.04. The van der Waals surface area contributed by atoms with Gasteiger partial charge in [-0.3, -0.25) is 4.79 Å². The Balaban J connectivity index is 2.17. The fourth-order valence-corrected chi connectivity index (χ4v) is 2.94. The second-order valence-corrected chi connectivity index (χ2v) is 6.04. The Bertz CT molecular complexity index is 476. The molecule has 1 aliphatic heterocycles. The predicted molar refractivity (Wildman–Crippen MR) is 81.2 cm³/mol. The van der Waals surface area contributed by atoms with Crippen molar-refractivity contribution < 1.29 is 4.79 Å². The highest BCUT2D eigenvalue weighted by Gasteiger charge is 2.25. The second kappa shape index (κ2) is 5.92. The van der Waals surface area contributed by atoms with Crippen molar-refractivity contribution in [2.75, 3.05) is 18.0 Å². The highest BCUT2D eigenvalue weighted by Crippen LogP contribution is 2.30. The van der Waals surface area contributed by atoms with E-state index in [0.717, 1.165) is 29.5 Å². The first-order valence-corrected chi connectivity index (χ1v) is 7.33. The number of amides is 1. The number of carbonyl (C=O) groups excluding carboxylic acids is 1. The summed E-state index contributed by atoms with van der Waals surface area (Å²) in [6, 6.07) is 6.44. The van der Waals surface area contributed by atoms with Crippen LogP contribution in [0.1, 0.15) is 31.9 Å². The van der Waals surface area contributed by atoms with Crippen LogP contribution >= 0.6 is 15.9 Å². The molecule has 1 amide bonds. The lowest BCUT2D eigenvalue weighted by Crippen LogP contribution is -2.35. The maximum atomic E-state index is 11.1. The number of halogens is 1. The van der Waals surface area contributed by atoms with Crippen molar-refractivity contribution in [1.82, 2.24) is 5.32 Å². The van der Waals surface area contributed by atoms with Crippen LogP contribution in [0.15, 0.2) is 22.7 Å². The van der Waals surface area contributed by atoms with Crippen LogP contribution in [0.25, 0.3) is 0 Å². The largest absolute Gasteiger partial charge is 0.369 e. The summed E-state index contributed by atoms with van der Waals surface area (Å²) in [5.41, 5.74) is 8.36. The first-order valence-electron chi connectivity index (χ1n) is 6.54. The molecule has 1 aromatic carbocycles. The highest BCUT2D eigenvalue weighted by atomic mass is 79.9. The number of hydrogen-bond acceptors (Lipinski definition) is 3. The van der Waals surface area contributed by atoms with Gasteiger partial charge in [-0.1, -0.05) is 15.9 Å². The average Bonchev–Trinajstić information content (AvgIpc) is 2.76. The van der Waals surface area contributed by atoms with E-state index in [1.165, 1.54) is 5.69 Å². The van der Waals surface area contributed by atoms with Gasteiger partial charge in [0.15, 0.2) is 0 Å². The van der Waals surface area contributed by atoms with E-state index in [1.807, 2.05) is 13.0 Å². The topological polar surface area (TPSA) is 58.4 Å². The van der Waals surface area contributed by atoms with Crippen molar-refractivity contribution in [3.8, 4) is 0 Å². The zero-order chi connectivity index (χ0) is 14.0. The van der Waals surface area contributed by atoms with E-state index in [4.69, 9.17) is 5.73 Å². The number of nitrogens with one attached hydrogen (secondary N) is 1. The van der Waals surface area contributed by atoms with E-state index in [9.17, 15) is 4.79 Å². The summed E-state index contributed by atoms with van der Waals surface area (Å²) in [7, 11) is 0. The van der Waals surface area contributed by atoms with E-state index in [0.29, 0.717) is 0 Å². The zero-order valence-electron chi connectivity index (χ0n) is 11.3. The van der Waals surface area contributed by atoms with Gasteiger partial charge in [0.2, 0.25) is 5.91 Å². The average molecular weight is 326 g/mol. The van der Waals surface area contributed by atoms with Crippen molar-refractivity contribution >= 4 is 27.5 Å². The Morgan fingerprint density at radius 3 is 2.95 bits per heavy atom. The van der Waals surface area contributed by atoms with Gasteiger partial charge in [0, 0.05) is 42.3 Å². The fourth-order valence-electron chi connectivity index (χ4n) is 2.56. The van der Waals surface area contributed by atoms with Gasteiger partial charge in [0.1, 0.15) is 0 Å². The Kier molecular flexibility index (Phi) is 4.47. The van der Waals surface area contributed by atoms with E-state index in [1.54, 1.807) is 6.92 Å². The van der Waals surface area contributed by atoms with Crippen LogP contribution in [0.2, 0.25) is 0 Å². The number of nitrogens with zero attached hydrogens (tertiary/aromatic N) is 1. The number of benzene rings is 1. The molecule has 0 aromatic heterocycles. The minimum Gasteiger partial charge on any atom is -0.369 e. The van der Waals surface area contributed by atoms with E-state index in [-0.39, 0.29) is 18.0 Å². The molecule has 1 fully saturated rings. The standard InChI is InChI=1S/C14H20BrN3O/c1-9(16)13-7-11(15)3-4-14(13)18-6-5-12(8-18)17-10(2)19/h3-4,7,9,12H,5-6,8,16H2,1-2H3,(H,17,19). The van der Waals surface area contributed by atoms with Crippen LogP contribution in [-0.2, 0) is 4.79 Å². The molecule has 19 heavy (non-hydrogen) atoms. The minimum absolute atomic E-state index is 0.00711. The van der Waals surface area contributed by atoms with Gasteiger partial charge < -0.3 is 16.0 Å². The molecule has 2 unspecified atom stereocenters. The Labute approximate surface area is 122 Å². The molecule has 3 N–H and O–H groups in total. The number of nitrogens with two attached hydrogens (primary N) is 1. The van der Waals surface area contributed by atoms with Crippen LogP contribution in [-0.4, -0.2) is 25.0 Å². The zero-order valence-corrected chi connectivity index (χ0v) is 12.9. The third-order valence-corrected chi connectivity index (χ3v) is 3.91. The summed E-state index contributed by atoms with van der Waals surface area (Å²) in [6.07, 6.45) is 0.980. The van der Waals surface area contributed by atoms with Gasteiger partial charge in [-0.15, -0.1) is 0 Å². The summed E-state index contributed by atoms with van der Waals surface area (Å²) in [4.78, 5) is 13.4. The lowest BCUT2D eigenvalue weighted by Gasteiger charge is -2.24. The Morgan fingerprint density at radius 2 is 2.32 bits per heavy atom. The SMILES string of the molecule is CC(=O)NC1CCN(c2ccc(Br)cc2C(C)N)C1. The molecule has 5 heteroatoms. The smallest absolute Gasteiger partial charge is 0.217 e. The molecule has 0 aliphatic carbocycles. The van der Waals surface area contributed by atoms with E-state index >= 15 is 0 Å². The molecule has 0 saturated carbocycles. The van der Waals surface area contributed by atoms with Gasteiger partial charge >= 0.3 is 0 Å². The maximum absolute atomic E-state index is 11.1. The third-order valence-electron chi connectivity index (χ3n) is 3.42. The molecule has 104 valence electrons. The van der Waals surface area contributed by atoms with Gasteiger partial charge in [0.25, 0.3) is 0 Å². The summed E-state index contributed by atoms with van der Waals surface area (Å²) in [5, 5.41) is 2.98. The summed E-state index contributed by atoms with van der Waals surface area (Å²) >= 11 is 3.49. The lowest BCUT2D eigenvalue weighted by molar-refractivity contribution is -0.119. The molecule has 2 rings (SSSR count). The molecule has 0 bridgehead atoms. The quantitative estimate of drug-likeness (QED) is 0.895. The van der Waals surface area contributed by atoms with Crippen molar-refractivity contribution in [3.63, 3.8) is 0 Å². The molecule has 1 aliphatic rings. The normalized spacial score (nSPS) is 20.4. The number of carbonyl (C=O) groups is 1. The minimum atomic E-state index is -0.00711. The molecule has 0 radical (unpaired) electrons. The van der Waals surface area contributed by atoms with Crippen LogP contribution in [0.4, 0.5) is 5.69 Å². The van der Waals surface area contributed by atoms with E-state index < -0.39 is 0 Å². The Hall–Kier alpha value is -1.07. The molecule has 4 nitrogen and oxygen atoms in total. The molecule has 2 atom stereocenters. The van der Waals surface area contributed by atoms with Crippen molar-refractivity contribution in [1.29, 1.82) is 0 Å². The fraction of sp³-hybridized carbons (Fsp3) is 0.500. The molecule has 1 aromatic rings. The van der Waals surface area contributed by atoms with Crippen LogP contribution in [0.5, 0.6) is 0 Å². The van der Waals surface area contributed by atoms with Gasteiger partial charge in [-0.2, -0.15) is 0 Å². The monoisotopic (exact) mass is 325 g/mol. The van der Waals surface area contributed by atoms with Crippen molar-refractivity contribution in [2.24, 2.45) is 5.73 Å². The van der Waals surface area contributed by atoms with Gasteiger partial charge in [0.05, 0.1) is 0 Å².